The zero-order valence-corrected chi connectivity index (χ0v) is 83.6. The Labute approximate surface area is 819 Å². The standard InChI is InChI=1S/C11H14O.C10H9FN2O.2C10H12O.3C9H10O.C8H7FO2.C8H8O.C7H7NO2.C7H7NO.C6H6N2O.C5H6N2O.C5H10O/c1-9-3-6-11(7-4-9)8-5-10(2)12;1-6-4-9(13-12-6)8-5-7(11)2-3-10(8)14;2*1-8-3-5-10(6-4-8)7-9(2)11;3*1-7-3-5-9(6-4-7)8(2)10;1-5(10)7-4-6(9)2-3-8(7)11;1-7(9)8-5-3-2-4-6-8;1-5(9)6-4-8-3-2-7(6)10;1-6(9)7-3-2-4-8-5-7;1-5(9)6-4-7-2-3-8-6;1-4(8)5-2-3-6-7-5;1-3-4-5(2)6/h3-4,6-7H,5,8H2,1-2H3;2-5,14H,1H3,(H,12,13);2*3-6H,7H2,1-2H3;3*3-6H,1-2H3;2-4,11H,1H3;2-6H,1H3;2-4H,1H3,(H,8,10);2-5H,1H3;2-4H,1H3;2-3H,1H3,(H,6,7);3-4H2,1-2H3. The van der Waals surface area contributed by atoms with E-state index in [1.807, 2.05) is 200 Å². The Morgan fingerprint density at radius 2 is 0.743 bits per heavy atom. The van der Waals surface area contributed by atoms with Crippen molar-refractivity contribution in [3.8, 4) is 22.8 Å². The van der Waals surface area contributed by atoms with Crippen molar-refractivity contribution < 1.29 is 81.3 Å². The molecule has 0 bridgehead atoms. The first-order chi connectivity index (χ1) is 66.1. The predicted molar refractivity (Wildman–Crippen MR) is 547 cm³/mol. The normalized spacial score (nSPS) is 9.45. The Kier molecular flexibility index (Phi) is 59.7. The second-order valence-electron chi connectivity index (χ2n) is 31.8. The fourth-order valence-corrected chi connectivity index (χ4v) is 10.7. The molecule has 734 valence electrons. The predicted octanol–water partition coefficient (Wildman–Crippen LogP) is 23.7. The molecule has 0 radical (unpaired) electrons. The molecule has 0 amide bonds. The molecular formula is C114H128F2N8O16. The summed E-state index contributed by atoms with van der Waals surface area (Å²) in [5.74, 6) is -0.118. The summed E-state index contributed by atoms with van der Waals surface area (Å²) in [7, 11) is 0. The van der Waals surface area contributed by atoms with Gasteiger partial charge in [0.15, 0.2) is 57.5 Å². The minimum absolute atomic E-state index is 0.0162. The number of halogens is 2. The summed E-state index contributed by atoms with van der Waals surface area (Å²) in [6.07, 6.45) is 16.5. The highest BCUT2D eigenvalue weighted by molar-refractivity contribution is 5.98. The van der Waals surface area contributed by atoms with Crippen molar-refractivity contribution >= 4 is 75.2 Å². The van der Waals surface area contributed by atoms with Crippen LogP contribution < -0.4 is 5.43 Å². The van der Waals surface area contributed by atoms with E-state index in [9.17, 15) is 81.0 Å². The van der Waals surface area contributed by atoms with E-state index in [1.165, 1.54) is 129 Å². The zero-order valence-electron chi connectivity index (χ0n) is 83.6. The van der Waals surface area contributed by atoms with Gasteiger partial charge < -0.3 is 24.8 Å². The van der Waals surface area contributed by atoms with Gasteiger partial charge in [-0.1, -0.05) is 216 Å². The number of rotatable bonds is 19. The summed E-state index contributed by atoms with van der Waals surface area (Å²) in [6, 6.07) is 71.6. The quantitative estimate of drug-likeness (QED) is 0.0469. The molecular weight excluding hydrogens is 1780 g/mol. The summed E-state index contributed by atoms with van der Waals surface area (Å²) in [5.41, 5.74) is 17.3. The molecule has 9 aromatic carbocycles. The van der Waals surface area contributed by atoms with Crippen LogP contribution in [0.4, 0.5) is 8.78 Å². The number of aromatic hydroxyl groups is 2. The molecule has 0 atom stereocenters. The molecule has 0 aliphatic heterocycles. The Balaban J connectivity index is 0.000000756. The number of hydrogen-bond donors (Lipinski definition) is 5. The highest BCUT2D eigenvalue weighted by atomic mass is 19.1. The molecule has 0 unspecified atom stereocenters. The number of aryl methyl sites for hydroxylation is 8. The molecule has 0 saturated heterocycles. The summed E-state index contributed by atoms with van der Waals surface area (Å²) < 4.78 is 25.3. The molecule has 5 heterocycles. The van der Waals surface area contributed by atoms with Crippen LogP contribution in [0.1, 0.15) is 265 Å². The number of aromatic nitrogens is 8. The molecule has 140 heavy (non-hydrogen) atoms. The lowest BCUT2D eigenvalue weighted by atomic mass is 10.1. The van der Waals surface area contributed by atoms with E-state index in [-0.39, 0.29) is 103 Å². The minimum atomic E-state index is -0.520. The number of carbonyl (C=O) groups is 13. The van der Waals surface area contributed by atoms with Gasteiger partial charge in [0.25, 0.3) is 0 Å². The van der Waals surface area contributed by atoms with Crippen LogP contribution >= 0.6 is 0 Å². The molecule has 5 aromatic heterocycles. The number of pyridine rings is 2. The van der Waals surface area contributed by atoms with E-state index in [2.05, 4.69) is 71.5 Å². The average Bonchev–Trinajstić information content (AvgIpc) is 1.65. The number of nitrogens with one attached hydrogen (secondary N) is 3. The highest BCUT2D eigenvalue weighted by Crippen LogP contribution is 2.28. The lowest BCUT2D eigenvalue weighted by Crippen LogP contribution is -2.10. The molecule has 24 nitrogen and oxygen atoms in total. The fraction of sp³-hybridized carbons (Fsp3) is 0.237. The third-order valence-corrected chi connectivity index (χ3v) is 18.5. The maximum atomic E-state index is 12.9. The second-order valence-corrected chi connectivity index (χ2v) is 31.8. The van der Waals surface area contributed by atoms with Crippen molar-refractivity contribution in [3.63, 3.8) is 0 Å². The van der Waals surface area contributed by atoms with Gasteiger partial charge in [0.1, 0.15) is 57.7 Å². The smallest absolute Gasteiger partial charge is 0.192 e. The first-order valence-electron chi connectivity index (χ1n) is 44.4. The van der Waals surface area contributed by atoms with Crippen molar-refractivity contribution in [1.29, 1.82) is 0 Å². The van der Waals surface area contributed by atoms with Gasteiger partial charge in [-0.25, -0.2) is 13.8 Å². The maximum absolute atomic E-state index is 12.9. The number of Topliss-reactive ketones (excluding diaryl/α,β-unsaturated/α-hetero) is 13. The van der Waals surface area contributed by atoms with E-state index in [1.54, 1.807) is 98.2 Å². The Morgan fingerprint density at radius 3 is 1.03 bits per heavy atom. The van der Waals surface area contributed by atoms with E-state index in [4.69, 9.17) is 5.11 Å². The minimum Gasteiger partial charge on any atom is -0.507 e. The van der Waals surface area contributed by atoms with Crippen LogP contribution in [0.25, 0.3) is 11.3 Å². The van der Waals surface area contributed by atoms with Crippen molar-refractivity contribution in [2.45, 2.75) is 184 Å². The number of benzene rings is 9. The summed E-state index contributed by atoms with van der Waals surface area (Å²) >= 11 is 0. The Morgan fingerprint density at radius 1 is 0.343 bits per heavy atom. The lowest BCUT2D eigenvalue weighted by molar-refractivity contribution is -0.117. The Hall–Kier alpha value is -16.3. The fourth-order valence-electron chi connectivity index (χ4n) is 10.7. The zero-order chi connectivity index (χ0) is 105. The highest BCUT2D eigenvalue weighted by Gasteiger charge is 2.11. The third-order valence-electron chi connectivity index (χ3n) is 18.5. The van der Waals surface area contributed by atoms with Gasteiger partial charge in [0, 0.05) is 128 Å². The average molecular weight is 1900 g/mol. The van der Waals surface area contributed by atoms with E-state index < -0.39 is 11.6 Å². The van der Waals surface area contributed by atoms with Crippen LogP contribution in [-0.2, 0) is 38.4 Å². The number of carbonyl (C=O) groups excluding carboxylic acids is 13. The van der Waals surface area contributed by atoms with Gasteiger partial charge in [-0.15, -0.1) is 0 Å². The summed E-state index contributed by atoms with van der Waals surface area (Å²) in [6.45, 7) is 35.9. The lowest BCUT2D eigenvalue weighted by Gasteiger charge is -1.99. The van der Waals surface area contributed by atoms with Gasteiger partial charge in [-0.3, -0.25) is 77.7 Å². The Bertz CT molecular complexity index is 5920. The van der Waals surface area contributed by atoms with Crippen LogP contribution in [0.2, 0.25) is 0 Å². The second kappa shape index (κ2) is 68.7. The van der Waals surface area contributed by atoms with Gasteiger partial charge in [-0.05, 0) is 215 Å². The summed E-state index contributed by atoms with van der Waals surface area (Å²) in [4.78, 5) is 163. The van der Waals surface area contributed by atoms with Gasteiger partial charge in [-0.2, -0.15) is 10.2 Å². The largest absolute Gasteiger partial charge is 0.507 e. The van der Waals surface area contributed by atoms with Crippen LogP contribution in [-0.4, -0.2) is 126 Å². The molecule has 0 aliphatic carbocycles. The number of hydrogen-bond acceptors (Lipinski definition) is 21. The van der Waals surface area contributed by atoms with Gasteiger partial charge >= 0.3 is 0 Å². The number of phenols is 2. The van der Waals surface area contributed by atoms with E-state index in [0.717, 1.165) is 76.5 Å². The van der Waals surface area contributed by atoms with Gasteiger partial charge in [0.05, 0.1) is 23.0 Å². The van der Waals surface area contributed by atoms with Crippen molar-refractivity contribution in [1.82, 2.24) is 40.3 Å². The van der Waals surface area contributed by atoms with Crippen molar-refractivity contribution in [2.75, 3.05) is 0 Å². The monoisotopic (exact) mass is 1900 g/mol. The van der Waals surface area contributed by atoms with Gasteiger partial charge in [0.2, 0.25) is 0 Å². The molecule has 14 aromatic rings. The molecule has 0 spiro atoms. The number of ketones is 13. The molecule has 0 saturated carbocycles. The molecule has 26 heteroatoms. The maximum Gasteiger partial charge on any atom is 0.192 e. The first kappa shape index (κ1) is 122. The molecule has 0 aliphatic rings. The molecule has 5 N–H and O–H groups in total. The van der Waals surface area contributed by atoms with E-state index >= 15 is 0 Å². The van der Waals surface area contributed by atoms with Crippen LogP contribution in [0.3, 0.4) is 0 Å². The number of nitrogens with zero attached hydrogens (tertiary/aromatic N) is 5. The number of aromatic amines is 3. The summed E-state index contributed by atoms with van der Waals surface area (Å²) in [5, 5.41) is 31.3. The number of H-pyrrole nitrogens is 3. The third kappa shape index (κ3) is 56.8. The number of phenolic OH excluding ortho intramolecular Hbond substituents is 2. The topological polar surface area (TPSA) is 391 Å². The van der Waals surface area contributed by atoms with Crippen LogP contribution in [0.5, 0.6) is 11.5 Å². The van der Waals surface area contributed by atoms with E-state index in [0.29, 0.717) is 47.5 Å². The van der Waals surface area contributed by atoms with Crippen molar-refractivity contribution in [3.05, 3.63) is 420 Å². The van der Waals surface area contributed by atoms with Crippen molar-refractivity contribution in [2.24, 2.45) is 0 Å². The first-order valence-corrected chi connectivity index (χ1v) is 44.4. The molecule has 14 rings (SSSR count). The SMILES string of the molecule is CC(=O)CCc1ccc(C)cc1.CC(=O)Cc1ccc(C)cc1.CC(=O)Cc1ccc(C)cc1.CC(=O)c1c[nH]ccc1=O.CC(=O)c1cc(F)ccc1O.CC(=O)c1ccc(C)cc1.CC(=O)c1ccc(C)cc1.CC(=O)c1ccc(C)cc1.CC(=O)c1ccccc1.CC(=O)c1cccnc1.CC(=O)c1ccn[nH]1.CC(=O)c1cnccn1.CCCC(C)=O.Cc1cc(-c2cc(F)ccc2O)n[nH]1. The van der Waals surface area contributed by atoms with Crippen LogP contribution in [0, 0.1) is 60.1 Å². The van der Waals surface area contributed by atoms with Crippen LogP contribution in [0.15, 0.2) is 297 Å². The molecule has 0 fully saturated rings.